The van der Waals surface area contributed by atoms with Crippen molar-refractivity contribution in [3.05, 3.63) is 0 Å². The smallest absolute Gasteiger partial charge is 0.237 e. The van der Waals surface area contributed by atoms with Gasteiger partial charge in [-0.2, -0.15) is 0 Å². The third kappa shape index (κ3) is 1.36. The summed E-state index contributed by atoms with van der Waals surface area (Å²) in [4.78, 5) is 10.9. The minimum atomic E-state index is -0.653. The Morgan fingerprint density at radius 1 is 1.82 bits per heavy atom. The minimum Gasteiger partial charge on any atom is -0.393 e. The fraction of sp³-hybridized carbons (Fsp3) is 0.857. The third-order valence-corrected chi connectivity index (χ3v) is 2.44. The van der Waals surface area contributed by atoms with E-state index in [2.05, 4.69) is 5.32 Å². The molecule has 0 spiro atoms. The van der Waals surface area contributed by atoms with E-state index >= 15 is 0 Å². The summed E-state index contributed by atoms with van der Waals surface area (Å²) in [5, 5.41) is 12.1. The number of primary amides is 1. The maximum Gasteiger partial charge on any atom is 0.237 e. The van der Waals surface area contributed by atoms with Crippen LogP contribution < -0.4 is 11.1 Å². The van der Waals surface area contributed by atoms with Crippen molar-refractivity contribution in [2.45, 2.75) is 30.9 Å². The van der Waals surface area contributed by atoms with Crippen molar-refractivity contribution in [3.8, 4) is 0 Å². The molecule has 0 radical (unpaired) electrons. The Bertz CT molecular complexity index is 172. The van der Waals surface area contributed by atoms with Gasteiger partial charge in [-0.25, -0.2) is 0 Å². The average Bonchev–Trinajstić information content (AvgIpc) is 2.33. The highest BCUT2D eigenvalue weighted by Crippen LogP contribution is 2.29. The van der Waals surface area contributed by atoms with Gasteiger partial charge < -0.3 is 16.2 Å². The van der Waals surface area contributed by atoms with Crippen LogP contribution in [0, 0.1) is 0 Å². The van der Waals surface area contributed by atoms with Crippen LogP contribution in [-0.4, -0.2) is 29.7 Å². The van der Waals surface area contributed by atoms with Crippen molar-refractivity contribution in [1.82, 2.24) is 5.32 Å². The van der Waals surface area contributed by atoms with E-state index in [1.807, 2.05) is 0 Å². The van der Waals surface area contributed by atoms with Crippen molar-refractivity contribution >= 4 is 5.91 Å². The molecule has 4 heteroatoms. The first kappa shape index (κ1) is 8.49. The summed E-state index contributed by atoms with van der Waals surface area (Å²) < 4.78 is 0. The molecule has 1 amide bonds. The van der Waals surface area contributed by atoms with Crippen LogP contribution in [0.3, 0.4) is 0 Å². The fourth-order valence-corrected chi connectivity index (χ4v) is 1.59. The number of hydrogen-bond acceptors (Lipinski definition) is 3. The Balaban J connectivity index is 2.70. The van der Waals surface area contributed by atoms with Crippen LogP contribution in [0.15, 0.2) is 0 Å². The zero-order valence-electron chi connectivity index (χ0n) is 6.63. The van der Waals surface area contributed by atoms with E-state index in [1.165, 1.54) is 0 Å². The van der Waals surface area contributed by atoms with E-state index in [0.717, 1.165) is 0 Å². The van der Waals surface area contributed by atoms with Crippen molar-refractivity contribution < 1.29 is 9.90 Å². The topological polar surface area (TPSA) is 75.3 Å². The standard InChI is InChI=1S/C7H14N2O2/c1-9-7(6(8)11)3-2-5(10)4-7/h5,9-10H,2-4H2,1H3,(H2,8,11). The van der Waals surface area contributed by atoms with Crippen LogP contribution >= 0.6 is 0 Å². The van der Waals surface area contributed by atoms with E-state index in [0.29, 0.717) is 19.3 Å². The van der Waals surface area contributed by atoms with Gasteiger partial charge in [0.25, 0.3) is 0 Å². The summed E-state index contributed by atoms with van der Waals surface area (Å²) in [6, 6.07) is 0. The van der Waals surface area contributed by atoms with Gasteiger partial charge in [-0.1, -0.05) is 0 Å². The first-order valence-electron chi connectivity index (χ1n) is 3.77. The lowest BCUT2D eigenvalue weighted by Gasteiger charge is -2.23. The normalized spacial score (nSPS) is 37.5. The monoisotopic (exact) mass is 158 g/mol. The van der Waals surface area contributed by atoms with Crippen molar-refractivity contribution in [2.24, 2.45) is 5.73 Å². The number of nitrogens with one attached hydrogen (secondary N) is 1. The molecule has 0 saturated heterocycles. The van der Waals surface area contributed by atoms with Crippen LogP contribution in [-0.2, 0) is 4.79 Å². The van der Waals surface area contributed by atoms with Gasteiger partial charge in [-0.15, -0.1) is 0 Å². The number of carbonyl (C=O) groups excluding carboxylic acids is 1. The van der Waals surface area contributed by atoms with Gasteiger partial charge in [0.15, 0.2) is 0 Å². The maximum atomic E-state index is 10.9. The summed E-state index contributed by atoms with van der Waals surface area (Å²) in [5.74, 6) is -0.364. The van der Waals surface area contributed by atoms with Crippen molar-refractivity contribution in [1.29, 1.82) is 0 Å². The molecule has 11 heavy (non-hydrogen) atoms. The van der Waals surface area contributed by atoms with Crippen molar-refractivity contribution in [2.75, 3.05) is 7.05 Å². The Morgan fingerprint density at radius 2 is 2.45 bits per heavy atom. The molecule has 0 aliphatic heterocycles. The van der Waals surface area contributed by atoms with E-state index < -0.39 is 5.54 Å². The lowest BCUT2D eigenvalue weighted by Crippen LogP contribution is -2.52. The molecule has 2 atom stereocenters. The summed E-state index contributed by atoms with van der Waals surface area (Å²) in [6.07, 6.45) is 1.36. The van der Waals surface area contributed by atoms with Gasteiger partial charge >= 0.3 is 0 Å². The molecule has 1 aliphatic rings. The van der Waals surface area contributed by atoms with E-state index in [-0.39, 0.29) is 12.0 Å². The number of rotatable bonds is 2. The second-order valence-corrected chi connectivity index (χ2v) is 3.09. The Hall–Kier alpha value is -0.610. The van der Waals surface area contributed by atoms with E-state index in [9.17, 15) is 9.90 Å². The van der Waals surface area contributed by atoms with Gasteiger partial charge in [0, 0.05) is 6.42 Å². The van der Waals surface area contributed by atoms with Gasteiger partial charge in [-0.05, 0) is 19.9 Å². The molecule has 1 aliphatic carbocycles. The molecule has 1 saturated carbocycles. The molecule has 0 heterocycles. The van der Waals surface area contributed by atoms with E-state index in [1.54, 1.807) is 7.05 Å². The van der Waals surface area contributed by atoms with Crippen LogP contribution in [0.2, 0.25) is 0 Å². The molecular weight excluding hydrogens is 144 g/mol. The highest BCUT2D eigenvalue weighted by Gasteiger charge is 2.42. The molecule has 0 aromatic rings. The molecule has 64 valence electrons. The quantitative estimate of drug-likeness (QED) is 0.481. The molecule has 4 N–H and O–H groups in total. The largest absolute Gasteiger partial charge is 0.393 e. The summed E-state index contributed by atoms with van der Waals surface area (Å²) in [5.41, 5.74) is 4.54. The first-order valence-corrected chi connectivity index (χ1v) is 3.77. The number of likely N-dealkylation sites (N-methyl/N-ethyl adjacent to an activating group) is 1. The summed E-state index contributed by atoms with van der Waals surface area (Å²) in [7, 11) is 1.70. The van der Waals surface area contributed by atoms with Crippen LogP contribution in [0.5, 0.6) is 0 Å². The minimum absolute atomic E-state index is 0.364. The number of amides is 1. The maximum absolute atomic E-state index is 10.9. The number of aliphatic hydroxyl groups is 1. The summed E-state index contributed by atoms with van der Waals surface area (Å²) >= 11 is 0. The molecular formula is C7H14N2O2. The lowest BCUT2D eigenvalue weighted by atomic mass is 9.97. The molecule has 0 aromatic carbocycles. The molecule has 4 nitrogen and oxygen atoms in total. The number of carbonyl (C=O) groups is 1. The molecule has 1 fully saturated rings. The first-order chi connectivity index (χ1) is 5.10. The van der Waals surface area contributed by atoms with Gasteiger partial charge in [0.2, 0.25) is 5.91 Å². The Labute approximate surface area is 65.8 Å². The zero-order valence-corrected chi connectivity index (χ0v) is 6.63. The molecule has 0 bridgehead atoms. The predicted molar refractivity (Wildman–Crippen MR) is 40.8 cm³/mol. The van der Waals surface area contributed by atoms with Gasteiger partial charge in [0.05, 0.1) is 11.6 Å². The lowest BCUT2D eigenvalue weighted by molar-refractivity contribution is -0.124. The SMILES string of the molecule is CNC1(C(N)=O)CCC(O)C1. The van der Waals surface area contributed by atoms with Crippen LogP contribution in [0.4, 0.5) is 0 Å². The number of aliphatic hydroxyl groups excluding tert-OH is 1. The van der Waals surface area contributed by atoms with Gasteiger partial charge in [-0.3, -0.25) is 4.79 Å². The average molecular weight is 158 g/mol. The van der Waals surface area contributed by atoms with Gasteiger partial charge in [0.1, 0.15) is 0 Å². The molecule has 0 aromatic heterocycles. The molecule has 2 unspecified atom stereocenters. The molecule has 1 rings (SSSR count). The highest BCUT2D eigenvalue weighted by molar-refractivity contribution is 5.85. The number of hydrogen-bond donors (Lipinski definition) is 3. The van der Waals surface area contributed by atoms with Crippen LogP contribution in [0.25, 0.3) is 0 Å². The van der Waals surface area contributed by atoms with Crippen LogP contribution in [0.1, 0.15) is 19.3 Å². The Kier molecular flexibility index (Phi) is 2.15. The second-order valence-electron chi connectivity index (χ2n) is 3.09. The second kappa shape index (κ2) is 2.79. The summed E-state index contributed by atoms with van der Waals surface area (Å²) in [6.45, 7) is 0. The number of nitrogens with two attached hydrogens (primary N) is 1. The third-order valence-electron chi connectivity index (χ3n) is 2.44. The predicted octanol–water partition coefficient (Wildman–Crippen LogP) is -1.03. The van der Waals surface area contributed by atoms with Crippen molar-refractivity contribution in [3.63, 3.8) is 0 Å². The fourth-order valence-electron chi connectivity index (χ4n) is 1.59. The zero-order chi connectivity index (χ0) is 8.48. The highest BCUT2D eigenvalue weighted by atomic mass is 16.3. The van der Waals surface area contributed by atoms with E-state index in [4.69, 9.17) is 5.73 Å². The Morgan fingerprint density at radius 3 is 2.64 bits per heavy atom.